The van der Waals surface area contributed by atoms with Crippen molar-refractivity contribution in [3.63, 3.8) is 0 Å². The van der Waals surface area contributed by atoms with Gasteiger partial charge in [0, 0.05) is 28.7 Å². The number of nitrogens with one attached hydrogen (secondary N) is 1. The molecular weight excluding hydrogens is 524 g/mol. The largest absolute Gasteiger partial charge is 0.477 e. The van der Waals surface area contributed by atoms with Gasteiger partial charge in [-0.15, -0.1) is 0 Å². The molecule has 210 valence electrons. The molecule has 1 N–H and O–H groups in total. The number of fused-ring (bicyclic) bond motifs is 1. The Hall–Kier alpha value is -3.77. The molecule has 0 fully saturated rings. The van der Waals surface area contributed by atoms with Gasteiger partial charge in [0.1, 0.15) is 5.75 Å². The molecule has 0 unspecified atom stereocenters. The molecule has 0 spiro atoms. The summed E-state index contributed by atoms with van der Waals surface area (Å²) in [6, 6.07) is 19.7. The molecule has 0 aliphatic carbocycles. The molecule has 6 nitrogen and oxygen atoms in total. The van der Waals surface area contributed by atoms with Gasteiger partial charge in [-0.2, -0.15) is 0 Å². The first-order chi connectivity index (χ1) is 19.0. The number of amides is 1. The Labute approximate surface area is 241 Å². The first kappa shape index (κ1) is 29.2. The summed E-state index contributed by atoms with van der Waals surface area (Å²) in [7, 11) is 1.32. The molecule has 1 heterocycles. The topological polar surface area (TPSA) is 69.6 Å². The van der Waals surface area contributed by atoms with E-state index in [2.05, 4.69) is 55.8 Å². The van der Waals surface area contributed by atoms with E-state index in [1.54, 1.807) is 13.0 Å². The molecule has 3 aromatic carbocycles. The van der Waals surface area contributed by atoms with Crippen molar-refractivity contribution >= 4 is 34.4 Å². The molecule has 0 radical (unpaired) electrons. The Balaban J connectivity index is 1.57. The van der Waals surface area contributed by atoms with E-state index < -0.39 is 12.1 Å². The van der Waals surface area contributed by atoms with E-state index in [0.717, 1.165) is 33.3 Å². The lowest BCUT2D eigenvalue weighted by molar-refractivity contribution is -0.147. The van der Waals surface area contributed by atoms with Crippen LogP contribution in [-0.2, 0) is 16.1 Å². The average molecular weight is 561 g/mol. The van der Waals surface area contributed by atoms with Crippen LogP contribution in [0, 0.1) is 13.8 Å². The monoisotopic (exact) mass is 560 g/mol. The van der Waals surface area contributed by atoms with Crippen molar-refractivity contribution in [2.45, 2.75) is 66.2 Å². The summed E-state index contributed by atoms with van der Waals surface area (Å²) in [5, 5.41) is 4.61. The van der Waals surface area contributed by atoms with Crippen LogP contribution in [0.1, 0.15) is 78.0 Å². The standard InChI is InChI=1S/C33H37ClN2O4/c1-19(2)25-9-8-10-26(16-25)21(4)35-32(37)27-12-14-30-28(17-27)20(3)22(5)36(30)18-24-11-13-29(34)31(15-24)40-23(6)33(38)39-7/h8-17,19,21,23H,18H2,1-7H3,(H,35,37)/t21-,23+/m0/s1. The normalized spacial score (nSPS) is 12.8. The summed E-state index contributed by atoms with van der Waals surface area (Å²) in [4.78, 5) is 25.1. The number of halogens is 1. The van der Waals surface area contributed by atoms with Crippen molar-refractivity contribution in [3.8, 4) is 5.75 Å². The van der Waals surface area contributed by atoms with Gasteiger partial charge in [-0.3, -0.25) is 4.79 Å². The number of esters is 1. The first-order valence-electron chi connectivity index (χ1n) is 13.5. The van der Waals surface area contributed by atoms with Crippen molar-refractivity contribution in [2.75, 3.05) is 7.11 Å². The molecule has 7 heteroatoms. The molecule has 2 atom stereocenters. The fourth-order valence-electron chi connectivity index (χ4n) is 4.87. The van der Waals surface area contributed by atoms with Gasteiger partial charge in [0.25, 0.3) is 5.91 Å². The van der Waals surface area contributed by atoms with E-state index in [9.17, 15) is 9.59 Å². The van der Waals surface area contributed by atoms with Gasteiger partial charge in [0.05, 0.1) is 18.2 Å². The third kappa shape index (κ3) is 6.18. The summed E-state index contributed by atoms with van der Waals surface area (Å²) < 4.78 is 12.7. The van der Waals surface area contributed by atoms with E-state index in [4.69, 9.17) is 21.1 Å². The number of hydrogen-bond donors (Lipinski definition) is 1. The highest BCUT2D eigenvalue weighted by Crippen LogP contribution is 2.31. The van der Waals surface area contributed by atoms with Crippen LogP contribution in [-0.4, -0.2) is 29.7 Å². The zero-order valence-corrected chi connectivity index (χ0v) is 24.9. The minimum absolute atomic E-state index is 0.103. The van der Waals surface area contributed by atoms with Gasteiger partial charge in [-0.1, -0.05) is 55.8 Å². The van der Waals surface area contributed by atoms with Crippen molar-refractivity contribution in [1.29, 1.82) is 0 Å². The van der Waals surface area contributed by atoms with E-state index in [1.165, 1.54) is 12.7 Å². The third-order valence-electron chi connectivity index (χ3n) is 7.50. The SMILES string of the molecule is COC(=O)[C@@H](C)Oc1cc(Cn2c(C)c(C)c3cc(C(=O)N[C@@H](C)c4cccc(C(C)C)c4)ccc32)ccc1Cl. The third-order valence-corrected chi connectivity index (χ3v) is 7.81. The highest BCUT2D eigenvalue weighted by Gasteiger charge is 2.19. The van der Waals surface area contributed by atoms with Crippen molar-refractivity contribution < 1.29 is 19.1 Å². The Kier molecular flexibility index (Phi) is 8.89. The molecule has 0 aliphatic heterocycles. The van der Waals surface area contributed by atoms with E-state index in [0.29, 0.717) is 28.8 Å². The van der Waals surface area contributed by atoms with E-state index >= 15 is 0 Å². The maximum Gasteiger partial charge on any atom is 0.346 e. The van der Waals surface area contributed by atoms with Crippen LogP contribution in [0.3, 0.4) is 0 Å². The fraction of sp³-hybridized carbons (Fsp3) is 0.333. The predicted molar refractivity (Wildman–Crippen MR) is 160 cm³/mol. The van der Waals surface area contributed by atoms with Crippen molar-refractivity contribution in [3.05, 3.63) is 99.2 Å². The molecule has 0 saturated carbocycles. The molecule has 4 aromatic rings. The first-order valence-corrected chi connectivity index (χ1v) is 13.9. The highest BCUT2D eigenvalue weighted by molar-refractivity contribution is 6.32. The second-order valence-corrected chi connectivity index (χ2v) is 11.0. The Morgan fingerprint density at radius 1 is 0.950 bits per heavy atom. The predicted octanol–water partition coefficient (Wildman–Crippen LogP) is 7.51. The quantitative estimate of drug-likeness (QED) is 0.215. The number of rotatable bonds is 9. The van der Waals surface area contributed by atoms with Crippen LogP contribution in [0.4, 0.5) is 0 Å². The lowest BCUT2D eigenvalue weighted by atomic mass is 9.98. The number of methoxy groups -OCH3 is 1. The Morgan fingerprint density at radius 2 is 1.68 bits per heavy atom. The Bertz CT molecular complexity index is 1560. The Morgan fingerprint density at radius 3 is 2.38 bits per heavy atom. The number of ether oxygens (including phenoxy) is 2. The van der Waals surface area contributed by atoms with Crippen LogP contribution in [0.25, 0.3) is 10.9 Å². The molecule has 1 aromatic heterocycles. The molecule has 0 saturated heterocycles. The average Bonchev–Trinajstić information content (AvgIpc) is 3.18. The van der Waals surface area contributed by atoms with Gasteiger partial charge >= 0.3 is 5.97 Å². The van der Waals surface area contributed by atoms with Crippen molar-refractivity contribution in [2.24, 2.45) is 0 Å². The smallest absolute Gasteiger partial charge is 0.346 e. The lowest BCUT2D eigenvalue weighted by Gasteiger charge is -2.17. The summed E-state index contributed by atoms with van der Waals surface area (Å²) in [5.74, 6) is 0.279. The van der Waals surface area contributed by atoms with Crippen LogP contribution >= 0.6 is 11.6 Å². The van der Waals surface area contributed by atoms with Crippen LogP contribution in [0.2, 0.25) is 5.02 Å². The van der Waals surface area contributed by atoms with Crippen LogP contribution < -0.4 is 10.1 Å². The highest BCUT2D eigenvalue weighted by atomic mass is 35.5. The summed E-state index contributed by atoms with van der Waals surface area (Å²) in [6.07, 6.45) is -0.777. The zero-order chi connectivity index (χ0) is 29.1. The molecule has 40 heavy (non-hydrogen) atoms. The number of carbonyl (C=O) groups excluding carboxylic acids is 2. The maximum absolute atomic E-state index is 13.2. The fourth-order valence-corrected chi connectivity index (χ4v) is 5.03. The lowest BCUT2D eigenvalue weighted by Crippen LogP contribution is -2.26. The minimum Gasteiger partial charge on any atom is -0.477 e. The van der Waals surface area contributed by atoms with Crippen molar-refractivity contribution in [1.82, 2.24) is 9.88 Å². The molecular formula is C33H37ClN2O4. The number of nitrogens with zero attached hydrogens (tertiary/aromatic N) is 1. The molecule has 4 rings (SSSR count). The van der Waals surface area contributed by atoms with Gasteiger partial charge in [0.15, 0.2) is 6.10 Å². The second kappa shape index (κ2) is 12.2. The molecule has 0 aliphatic rings. The molecule has 1 amide bonds. The summed E-state index contributed by atoms with van der Waals surface area (Å²) in [6.45, 7) is 12.7. The van der Waals surface area contributed by atoms with Gasteiger partial charge in [-0.25, -0.2) is 4.79 Å². The maximum atomic E-state index is 13.2. The van der Waals surface area contributed by atoms with Crippen LogP contribution in [0.15, 0.2) is 60.7 Å². The van der Waals surface area contributed by atoms with Crippen LogP contribution in [0.5, 0.6) is 5.75 Å². The number of aromatic nitrogens is 1. The summed E-state index contributed by atoms with van der Waals surface area (Å²) in [5.41, 5.74) is 7.19. The number of hydrogen-bond acceptors (Lipinski definition) is 4. The van der Waals surface area contributed by atoms with Gasteiger partial charge in [0.2, 0.25) is 0 Å². The number of aryl methyl sites for hydroxylation is 1. The van der Waals surface area contributed by atoms with Gasteiger partial charge < -0.3 is 19.4 Å². The van der Waals surface area contributed by atoms with E-state index in [1.807, 2.05) is 43.3 Å². The molecule has 0 bridgehead atoms. The minimum atomic E-state index is -0.777. The zero-order valence-electron chi connectivity index (χ0n) is 24.2. The second-order valence-electron chi connectivity index (χ2n) is 10.6. The number of carbonyl (C=O) groups is 2. The van der Waals surface area contributed by atoms with E-state index in [-0.39, 0.29) is 11.9 Å². The van der Waals surface area contributed by atoms with Gasteiger partial charge in [-0.05, 0) is 86.2 Å². The summed E-state index contributed by atoms with van der Waals surface area (Å²) >= 11 is 6.34. The number of benzene rings is 3.